The lowest BCUT2D eigenvalue weighted by Crippen LogP contribution is -2.28. The predicted molar refractivity (Wildman–Crippen MR) is 128 cm³/mol. The fourth-order valence-corrected chi connectivity index (χ4v) is 3.92. The Hall–Kier alpha value is -3.94. The Labute approximate surface area is 193 Å². The number of carbonyl (C=O) groups is 2. The van der Waals surface area contributed by atoms with Crippen molar-refractivity contribution in [2.24, 2.45) is 5.92 Å². The Kier molecular flexibility index (Phi) is 6.26. The van der Waals surface area contributed by atoms with Gasteiger partial charge < -0.3 is 20.3 Å². The maximum absolute atomic E-state index is 12.9. The second-order valence-electron chi connectivity index (χ2n) is 8.25. The Balaban J connectivity index is 1.40. The maximum atomic E-state index is 12.9. The van der Waals surface area contributed by atoms with E-state index in [1.54, 1.807) is 24.1 Å². The van der Waals surface area contributed by atoms with Crippen molar-refractivity contribution in [1.29, 1.82) is 0 Å². The molecule has 1 atom stereocenters. The van der Waals surface area contributed by atoms with Crippen LogP contribution in [0.3, 0.4) is 0 Å². The lowest BCUT2D eigenvalue weighted by atomic mass is 10.1. The second-order valence-corrected chi connectivity index (χ2v) is 8.25. The number of methoxy groups -OCH3 is 1. The minimum Gasteiger partial charge on any atom is -0.495 e. The molecule has 0 spiro atoms. The number of ether oxygens (including phenoxy) is 1. The highest BCUT2D eigenvalue weighted by Crippen LogP contribution is 2.34. The van der Waals surface area contributed by atoms with Gasteiger partial charge in [0.25, 0.3) is 0 Å². The number of aromatic nitrogens is 2. The number of nitrogens with one attached hydrogen (secondary N) is 2. The molecule has 0 radical (unpaired) electrons. The molecular weight excluding hydrogens is 418 g/mol. The molecular formula is C25H27N5O3. The zero-order chi connectivity index (χ0) is 23.5. The largest absolute Gasteiger partial charge is 0.495 e. The molecule has 1 aliphatic rings. The summed E-state index contributed by atoms with van der Waals surface area (Å²) in [4.78, 5) is 35.9. The van der Waals surface area contributed by atoms with Gasteiger partial charge in [-0.2, -0.15) is 0 Å². The summed E-state index contributed by atoms with van der Waals surface area (Å²) in [5.41, 5.74) is 4.96. The van der Waals surface area contributed by atoms with Crippen LogP contribution in [0.4, 0.5) is 23.0 Å². The lowest BCUT2D eigenvalue weighted by molar-refractivity contribution is -0.122. The van der Waals surface area contributed by atoms with E-state index in [2.05, 4.69) is 20.6 Å². The summed E-state index contributed by atoms with van der Waals surface area (Å²) in [7, 11) is 1.57. The van der Waals surface area contributed by atoms with Crippen LogP contribution in [0.5, 0.6) is 5.75 Å². The van der Waals surface area contributed by atoms with E-state index in [1.807, 2.05) is 57.2 Å². The molecule has 1 aliphatic heterocycles. The van der Waals surface area contributed by atoms with Crippen molar-refractivity contribution < 1.29 is 14.3 Å². The SMILES string of the molecule is COc1ccc(C)cc1N1CC(C(=O)Nc2ccc(Nc3nc(C)cc(C)n3)cc2)CC1=O. The number of carbonyl (C=O) groups excluding carboxylic acids is 2. The van der Waals surface area contributed by atoms with Gasteiger partial charge in [-0.15, -0.1) is 0 Å². The minimum absolute atomic E-state index is 0.0907. The number of hydrogen-bond acceptors (Lipinski definition) is 6. The van der Waals surface area contributed by atoms with Crippen LogP contribution in [0, 0.1) is 26.7 Å². The third-order valence-electron chi connectivity index (χ3n) is 5.51. The smallest absolute Gasteiger partial charge is 0.229 e. The first-order valence-electron chi connectivity index (χ1n) is 10.8. The average Bonchev–Trinajstić information content (AvgIpc) is 3.16. The summed E-state index contributed by atoms with van der Waals surface area (Å²) >= 11 is 0. The van der Waals surface area contributed by atoms with Crippen molar-refractivity contribution >= 4 is 34.8 Å². The fourth-order valence-electron chi connectivity index (χ4n) is 3.92. The van der Waals surface area contributed by atoms with Crippen molar-refractivity contribution in [1.82, 2.24) is 9.97 Å². The van der Waals surface area contributed by atoms with Crippen LogP contribution >= 0.6 is 0 Å². The lowest BCUT2D eigenvalue weighted by Gasteiger charge is -2.20. The number of nitrogens with zero attached hydrogens (tertiary/aromatic N) is 3. The van der Waals surface area contributed by atoms with Gasteiger partial charge in [-0.1, -0.05) is 6.07 Å². The van der Waals surface area contributed by atoms with Gasteiger partial charge in [-0.25, -0.2) is 9.97 Å². The number of amides is 2. The molecule has 2 amide bonds. The second kappa shape index (κ2) is 9.28. The van der Waals surface area contributed by atoms with Crippen LogP contribution in [0.2, 0.25) is 0 Å². The van der Waals surface area contributed by atoms with Crippen LogP contribution in [0.25, 0.3) is 0 Å². The molecule has 2 aromatic carbocycles. The third kappa shape index (κ3) is 5.11. The van der Waals surface area contributed by atoms with E-state index in [-0.39, 0.29) is 18.2 Å². The van der Waals surface area contributed by atoms with E-state index < -0.39 is 5.92 Å². The van der Waals surface area contributed by atoms with E-state index in [1.165, 1.54) is 0 Å². The molecule has 8 nitrogen and oxygen atoms in total. The zero-order valence-electron chi connectivity index (χ0n) is 19.2. The first-order valence-corrected chi connectivity index (χ1v) is 10.8. The van der Waals surface area contributed by atoms with Crippen molar-refractivity contribution in [3.05, 3.63) is 65.5 Å². The van der Waals surface area contributed by atoms with Crippen LogP contribution < -0.4 is 20.3 Å². The molecule has 1 fully saturated rings. The monoisotopic (exact) mass is 445 g/mol. The van der Waals surface area contributed by atoms with E-state index >= 15 is 0 Å². The van der Waals surface area contributed by atoms with Crippen molar-refractivity contribution in [3.8, 4) is 5.75 Å². The molecule has 33 heavy (non-hydrogen) atoms. The van der Waals surface area contributed by atoms with Gasteiger partial charge in [0, 0.05) is 35.7 Å². The number of rotatable bonds is 6. The van der Waals surface area contributed by atoms with E-state index in [9.17, 15) is 9.59 Å². The summed E-state index contributed by atoms with van der Waals surface area (Å²) in [5, 5.41) is 6.09. The normalized spacial score (nSPS) is 15.5. The molecule has 170 valence electrons. The predicted octanol–water partition coefficient (Wildman–Crippen LogP) is 4.15. The van der Waals surface area contributed by atoms with E-state index in [0.29, 0.717) is 29.6 Å². The van der Waals surface area contributed by atoms with Gasteiger partial charge in [-0.05, 0) is 68.8 Å². The highest BCUT2D eigenvalue weighted by molar-refractivity contribution is 6.04. The van der Waals surface area contributed by atoms with Crippen LogP contribution in [0.15, 0.2) is 48.5 Å². The molecule has 1 saturated heterocycles. The molecule has 0 bridgehead atoms. The van der Waals surface area contributed by atoms with Gasteiger partial charge in [-0.3, -0.25) is 9.59 Å². The van der Waals surface area contributed by atoms with Gasteiger partial charge in [0.05, 0.1) is 18.7 Å². The van der Waals surface area contributed by atoms with E-state index in [0.717, 1.165) is 22.6 Å². The highest BCUT2D eigenvalue weighted by Gasteiger charge is 2.36. The van der Waals surface area contributed by atoms with Crippen LogP contribution in [-0.2, 0) is 9.59 Å². The molecule has 0 saturated carbocycles. The Morgan fingerprint density at radius 3 is 2.33 bits per heavy atom. The van der Waals surface area contributed by atoms with Crippen molar-refractivity contribution in [2.45, 2.75) is 27.2 Å². The number of anilines is 4. The summed E-state index contributed by atoms with van der Waals surface area (Å²) in [6.45, 7) is 6.11. The molecule has 4 rings (SSSR count). The van der Waals surface area contributed by atoms with E-state index in [4.69, 9.17) is 4.74 Å². The molecule has 2 N–H and O–H groups in total. The third-order valence-corrected chi connectivity index (χ3v) is 5.51. The first-order chi connectivity index (χ1) is 15.8. The zero-order valence-corrected chi connectivity index (χ0v) is 19.2. The van der Waals surface area contributed by atoms with Gasteiger partial charge in [0.2, 0.25) is 17.8 Å². The highest BCUT2D eigenvalue weighted by atomic mass is 16.5. The average molecular weight is 446 g/mol. The topological polar surface area (TPSA) is 96.5 Å². The summed E-state index contributed by atoms with van der Waals surface area (Å²) < 4.78 is 5.41. The van der Waals surface area contributed by atoms with Crippen LogP contribution in [0.1, 0.15) is 23.4 Å². The van der Waals surface area contributed by atoms with Gasteiger partial charge >= 0.3 is 0 Å². The summed E-state index contributed by atoms with van der Waals surface area (Å²) in [5.74, 6) is 0.429. The molecule has 1 aromatic heterocycles. The maximum Gasteiger partial charge on any atom is 0.229 e. The summed E-state index contributed by atoms with van der Waals surface area (Å²) in [6, 6.07) is 14.9. The number of benzene rings is 2. The van der Waals surface area contributed by atoms with Gasteiger partial charge in [0.15, 0.2) is 0 Å². The fraction of sp³-hybridized carbons (Fsp3) is 0.280. The molecule has 2 heterocycles. The quantitative estimate of drug-likeness (QED) is 0.592. The Bertz CT molecular complexity index is 1170. The standard InChI is InChI=1S/C25H27N5O3/c1-15-5-10-22(33-4)21(11-15)30-14-18(13-23(30)31)24(32)28-19-6-8-20(9-7-19)29-25-26-16(2)12-17(3)27-25/h5-12,18H,13-14H2,1-4H3,(H,28,32)(H,26,27,29). The molecule has 3 aromatic rings. The number of aryl methyl sites for hydroxylation is 3. The number of hydrogen-bond donors (Lipinski definition) is 2. The Morgan fingerprint density at radius 2 is 1.67 bits per heavy atom. The Morgan fingerprint density at radius 1 is 1.00 bits per heavy atom. The van der Waals surface area contributed by atoms with Crippen LogP contribution in [-0.4, -0.2) is 35.4 Å². The first kappa shape index (κ1) is 22.3. The molecule has 1 unspecified atom stereocenters. The molecule has 8 heteroatoms. The minimum atomic E-state index is -0.441. The summed E-state index contributed by atoms with van der Waals surface area (Å²) in [6.07, 6.45) is 0.159. The van der Waals surface area contributed by atoms with Crippen molar-refractivity contribution in [3.63, 3.8) is 0 Å². The van der Waals surface area contributed by atoms with Crippen molar-refractivity contribution in [2.75, 3.05) is 29.2 Å². The molecule has 0 aliphatic carbocycles. The van der Waals surface area contributed by atoms with Gasteiger partial charge in [0.1, 0.15) is 5.75 Å².